The largest absolute Gasteiger partial charge is 0.507 e. The number of rotatable bonds is 3. The van der Waals surface area contributed by atoms with Crippen LogP contribution in [-0.2, 0) is 0 Å². The number of nitrogens with one attached hydrogen (secondary N) is 2. The molecule has 2 rings (SSSR count). The Morgan fingerprint density at radius 1 is 1.10 bits per heavy atom. The van der Waals surface area contributed by atoms with Crippen molar-refractivity contribution in [3.63, 3.8) is 0 Å². The Labute approximate surface area is 124 Å². The van der Waals surface area contributed by atoms with Crippen LogP contribution in [0.2, 0.25) is 10.0 Å². The maximum absolute atomic E-state index is 12.0. The first kappa shape index (κ1) is 14.5. The number of benzene rings is 2. The fourth-order valence-electron chi connectivity index (χ4n) is 1.57. The van der Waals surface area contributed by atoms with E-state index in [0.717, 1.165) is 0 Å². The van der Waals surface area contributed by atoms with E-state index >= 15 is 0 Å². The van der Waals surface area contributed by atoms with Gasteiger partial charge in [0.2, 0.25) is 0 Å². The fraction of sp³-hybridized carbons (Fsp3) is 0. The van der Waals surface area contributed by atoms with Gasteiger partial charge in [-0.1, -0.05) is 23.2 Å². The highest BCUT2D eigenvalue weighted by molar-refractivity contribution is 6.34. The van der Waals surface area contributed by atoms with Gasteiger partial charge in [0.25, 0.3) is 5.91 Å². The van der Waals surface area contributed by atoms with E-state index in [2.05, 4.69) is 5.32 Å². The maximum atomic E-state index is 12.0. The van der Waals surface area contributed by atoms with Gasteiger partial charge >= 0.3 is 0 Å². The molecule has 2 aromatic carbocycles. The molecule has 0 atom stereocenters. The fourth-order valence-corrected chi connectivity index (χ4v) is 1.97. The van der Waals surface area contributed by atoms with Gasteiger partial charge < -0.3 is 10.4 Å². The molecule has 0 bridgehead atoms. The summed E-state index contributed by atoms with van der Waals surface area (Å²) in [6, 6.07) is 8.64. The van der Waals surface area contributed by atoms with Crippen LogP contribution in [-0.4, -0.2) is 16.2 Å². The van der Waals surface area contributed by atoms with Gasteiger partial charge in [-0.3, -0.25) is 15.5 Å². The van der Waals surface area contributed by atoms with E-state index in [4.69, 9.17) is 28.4 Å². The van der Waals surface area contributed by atoms with Crippen molar-refractivity contribution in [2.75, 3.05) is 10.8 Å². The number of halogens is 2. The Morgan fingerprint density at radius 2 is 1.85 bits per heavy atom. The molecule has 0 aliphatic carbocycles. The highest BCUT2D eigenvalue weighted by Crippen LogP contribution is 2.27. The Bertz CT molecular complexity index is 662. The summed E-state index contributed by atoms with van der Waals surface area (Å²) in [6.45, 7) is 0. The lowest BCUT2D eigenvalue weighted by atomic mass is 10.2. The van der Waals surface area contributed by atoms with E-state index < -0.39 is 5.91 Å². The first-order chi connectivity index (χ1) is 9.51. The number of anilines is 2. The smallest absolute Gasteiger partial charge is 0.259 e. The molecular weight excluding hydrogens is 303 g/mol. The Kier molecular flexibility index (Phi) is 4.34. The summed E-state index contributed by atoms with van der Waals surface area (Å²) in [5, 5.41) is 21.5. The Hall–Kier alpha value is -1.95. The van der Waals surface area contributed by atoms with Crippen molar-refractivity contribution in [3.05, 3.63) is 52.0 Å². The lowest BCUT2D eigenvalue weighted by Gasteiger charge is -2.10. The molecule has 20 heavy (non-hydrogen) atoms. The topological polar surface area (TPSA) is 81.6 Å². The quantitative estimate of drug-likeness (QED) is 0.651. The highest BCUT2D eigenvalue weighted by Gasteiger charge is 2.13. The monoisotopic (exact) mass is 312 g/mol. The zero-order chi connectivity index (χ0) is 14.7. The van der Waals surface area contributed by atoms with Crippen molar-refractivity contribution in [1.82, 2.24) is 0 Å². The number of carbonyl (C=O) groups is 1. The van der Waals surface area contributed by atoms with Crippen molar-refractivity contribution < 1.29 is 15.1 Å². The molecule has 5 nitrogen and oxygen atoms in total. The number of phenols is 1. The van der Waals surface area contributed by atoms with E-state index in [1.807, 2.05) is 5.48 Å². The highest BCUT2D eigenvalue weighted by atomic mass is 35.5. The maximum Gasteiger partial charge on any atom is 0.259 e. The molecule has 0 aromatic heterocycles. The standard InChI is InChI=1S/C13H10Cl2N2O3/c14-7-1-4-12(18)9(5-7)13(19)16-11-3-2-8(17-20)6-10(11)15/h1-6,17-18,20H,(H,16,19). The number of phenolic OH excluding ortho intramolecular Hbond substituents is 1. The van der Waals surface area contributed by atoms with Gasteiger partial charge in [-0.25, -0.2) is 0 Å². The molecule has 0 unspecified atom stereocenters. The van der Waals surface area contributed by atoms with E-state index in [0.29, 0.717) is 16.4 Å². The molecule has 0 saturated heterocycles. The van der Waals surface area contributed by atoms with Crippen LogP contribution in [0.25, 0.3) is 0 Å². The molecule has 4 N–H and O–H groups in total. The van der Waals surface area contributed by atoms with Gasteiger partial charge in [-0.15, -0.1) is 0 Å². The summed E-state index contributed by atoms with van der Waals surface area (Å²) >= 11 is 11.7. The SMILES string of the molecule is O=C(Nc1ccc(NO)cc1Cl)c1cc(Cl)ccc1O. The van der Waals surface area contributed by atoms with Gasteiger partial charge in [0.05, 0.1) is 22.0 Å². The molecular formula is C13H10Cl2N2O3. The van der Waals surface area contributed by atoms with Crippen LogP contribution in [0.5, 0.6) is 5.75 Å². The van der Waals surface area contributed by atoms with E-state index in [1.165, 1.54) is 36.4 Å². The first-order valence-corrected chi connectivity index (χ1v) is 6.26. The molecule has 0 aliphatic rings. The van der Waals surface area contributed by atoms with Crippen LogP contribution in [0, 0.1) is 0 Å². The molecule has 2 aromatic rings. The predicted octanol–water partition coefficient (Wildman–Crippen LogP) is 3.75. The van der Waals surface area contributed by atoms with Gasteiger partial charge in [-0.2, -0.15) is 0 Å². The second-order valence-electron chi connectivity index (χ2n) is 3.92. The average Bonchev–Trinajstić information content (AvgIpc) is 2.43. The molecule has 0 radical (unpaired) electrons. The molecule has 1 amide bonds. The molecule has 7 heteroatoms. The predicted molar refractivity (Wildman–Crippen MR) is 77.9 cm³/mol. The van der Waals surface area contributed by atoms with Gasteiger partial charge in [0.1, 0.15) is 5.75 Å². The van der Waals surface area contributed by atoms with Crippen molar-refractivity contribution in [2.24, 2.45) is 0 Å². The zero-order valence-electron chi connectivity index (χ0n) is 10.0. The number of hydrogen-bond acceptors (Lipinski definition) is 4. The van der Waals surface area contributed by atoms with Gasteiger partial charge in [-0.05, 0) is 36.4 Å². The van der Waals surface area contributed by atoms with Gasteiger partial charge in [0.15, 0.2) is 0 Å². The summed E-state index contributed by atoms with van der Waals surface area (Å²) in [5.41, 5.74) is 2.71. The summed E-state index contributed by atoms with van der Waals surface area (Å²) in [6.07, 6.45) is 0. The molecule has 0 fully saturated rings. The van der Waals surface area contributed by atoms with Crippen LogP contribution in [0.1, 0.15) is 10.4 Å². The minimum atomic E-state index is -0.545. The molecule has 104 valence electrons. The molecule has 0 heterocycles. The van der Waals surface area contributed by atoms with Crippen LogP contribution < -0.4 is 10.8 Å². The summed E-state index contributed by atoms with van der Waals surface area (Å²) in [7, 11) is 0. The summed E-state index contributed by atoms with van der Waals surface area (Å²) < 4.78 is 0. The van der Waals surface area contributed by atoms with E-state index in [-0.39, 0.29) is 16.3 Å². The van der Waals surface area contributed by atoms with Gasteiger partial charge in [0, 0.05) is 5.02 Å². The third-order valence-corrected chi connectivity index (χ3v) is 3.10. The minimum Gasteiger partial charge on any atom is -0.507 e. The summed E-state index contributed by atoms with van der Waals surface area (Å²) in [5.74, 6) is -0.728. The van der Waals surface area contributed by atoms with Crippen molar-refractivity contribution in [2.45, 2.75) is 0 Å². The van der Waals surface area contributed by atoms with E-state index in [9.17, 15) is 9.90 Å². The van der Waals surface area contributed by atoms with Crippen LogP contribution in [0.4, 0.5) is 11.4 Å². The van der Waals surface area contributed by atoms with Crippen molar-refractivity contribution in [3.8, 4) is 5.75 Å². The number of carbonyl (C=O) groups excluding carboxylic acids is 1. The third-order valence-electron chi connectivity index (χ3n) is 2.55. The van der Waals surface area contributed by atoms with Crippen molar-refractivity contribution in [1.29, 1.82) is 0 Å². The van der Waals surface area contributed by atoms with E-state index in [1.54, 1.807) is 0 Å². The van der Waals surface area contributed by atoms with Crippen molar-refractivity contribution >= 4 is 40.5 Å². The Balaban J connectivity index is 2.25. The first-order valence-electron chi connectivity index (χ1n) is 5.51. The average molecular weight is 313 g/mol. The Morgan fingerprint density at radius 3 is 2.50 bits per heavy atom. The van der Waals surface area contributed by atoms with Crippen LogP contribution in [0.15, 0.2) is 36.4 Å². The second kappa shape index (κ2) is 6.00. The van der Waals surface area contributed by atoms with Crippen LogP contribution >= 0.6 is 23.2 Å². The molecule has 0 spiro atoms. The number of amides is 1. The minimum absolute atomic E-state index is 0.0397. The van der Waals surface area contributed by atoms with Crippen LogP contribution in [0.3, 0.4) is 0 Å². The normalized spacial score (nSPS) is 10.2. The summed E-state index contributed by atoms with van der Waals surface area (Å²) in [4.78, 5) is 12.0. The lowest BCUT2D eigenvalue weighted by Crippen LogP contribution is -2.12. The number of hydrogen-bond donors (Lipinski definition) is 4. The third kappa shape index (κ3) is 3.14. The molecule has 0 saturated carbocycles. The lowest BCUT2D eigenvalue weighted by molar-refractivity contribution is 0.102. The second-order valence-corrected chi connectivity index (χ2v) is 4.77. The molecule has 0 aliphatic heterocycles. The zero-order valence-corrected chi connectivity index (χ0v) is 11.5. The number of aromatic hydroxyl groups is 1.